The number of hydrogen-bond donors (Lipinski definition) is 3. The summed E-state index contributed by atoms with van der Waals surface area (Å²) >= 11 is 5.79. The van der Waals surface area contributed by atoms with E-state index >= 15 is 0 Å². The van der Waals surface area contributed by atoms with Gasteiger partial charge in [-0.05, 0) is 45.4 Å². The van der Waals surface area contributed by atoms with Gasteiger partial charge in [-0.25, -0.2) is 9.59 Å². The number of alkyl carbamates (subject to hydrolysis) is 1. The predicted molar refractivity (Wildman–Crippen MR) is 85.8 cm³/mol. The normalized spacial score (nSPS) is 10.9. The minimum absolute atomic E-state index is 0.0542. The van der Waals surface area contributed by atoms with Gasteiger partial charge in [-0.3, -0.25) is 0 Å². The van der Waals surface area contributed by atoms with Crippen molar-refractivity contribution >= 4 is 29.4 Å². The summed E-state index contributed by atoms with van der Waals surface area (Å²) in [6.45, 7) is 6.44. The molecule has 0 fully saturated rings. The van der Waals surface area contributed by atoms with Crippen molar-refractivity contribution in [2.45, 2.75) is 32.8 Å². The molecule has 0 aliphatic heterocycles. The topological polar surface area (TPSA) is 87.7 Å². The first-order valence-electron chi connectivity index (χ1n) is 6.92. The number of hydrogen-bond acceptors (Lipinski definition) is 4. The molecule has 0 saturated carbocycles. The van der Waals surface area contributed by atoms with E-state index in [-0.39, 0.29) is 10.6 Å². The minimum Gasteiger partial charge on any atom is -0.478 e. The van der Waals surface area contributed by atoms with Crippen LogP contribution in [0.15, 0.2) is 18.2 Å². The zero-order valence-corrected chi connectivity index (χ0v) is 13.7. The van der Waals surface area contributed by atoms with E-state index in [9.17, 15) is 9.59 Å². The van der Waals surface area contributed by atoms with Gasteiger partial charge < -0.3 is 20.5 Å². The number of rotatable bonds is 6. The first-order chi connectivity index (χ1) is 10.2. The average Bonchev–Trinajstić information content (AvgIpc) is 2.37. The number of carbonyl (C=O) groups excluding carboxylic acids is 1. The molecule has 0 aromatic heterocycles. The molecule has 0 aliphatic carbocycles. The molecule has 122 valence electrons. The van der Waals surface area contributed by atoms with Crippen molar-refractivity contribution in [3.05, 3.63) is 28.8 Å². The third-order valence-electron chi connectivity index (χ3n) is 2.55. The highest BCUT2D eigenvalue weighted by atomic mass is 35.5. The van der Waals surface area contributed by atoms with E-state index in [0.717, 1.165) is 0 Å². The molecule has 0 bridgehead atoms. The van der Waals surface area contributed by atoms with Crippen molar-refractivity contribution < 1.29 is 19.4 Å². The van der Waals surface area contributed by atoms with Crippen LogP contribution in [0.2, 0.25) is 5.02 Å². The van der Waals surface area contributed by atoms with Crippen LogP contribution in [-0.2, 0) is 4.74 Å². The van der Waals surface area contributed by atoms with Gasteiger partial charge in [0.1, 0.15) is 5.60 Å². The highest BCUT2D eigenvalue weighted by Gasteiger charge is 2.15. The van der Waals surface area contributed by atoms with E-state index in [1.807, 2.05) is 0 Å². The molecule has 22 heavy (non-hydrogen) atoms. The van der Waals surface area contributed by atoms with Gasteiger partial charge >= 0.3 is 12.1 Å². The largest absolute Gasteiger partial charge is 0.478 e. The lowest BCUT2D eigenvalue weighted by molar-refractivity contribution is 0.0527. The number of anilines is 1. The molecule has 1 aromatic rings. The second kappa shape index (κ2) is 7.89. The highest BCUT2D eigenvalue weighted by molar-refractivity contribution is 6.33. The van der Waals surface area contributed by atoms with Crippen molar-refractivity contribution in [2.24, 2.45) is 0 Å². The number of aromatic carboxylic acids is 1. The van der Waals surface area contributed by atoms with E-state index < -0.39 is 17.7 Å². The van der Waals surface area contributed by atoms with Gasteiger partial charge in [-0.2, -0.15) is 0 Å². The Balaban J connectivity index is 2.32. The van der Waals surface area contributed by atoms with E-state index in [0.29, 0.717) is 25.2 Å². The summed E-state index contributed by atoms with van der Waals surface area (Å²) in [5.41, 5.74) is 0.205. The van der Waals surface area contributed by atoms with Gasteiger partial charge in [0, 0.05) is 18.8 Å². The third kappa shape index (κ3) is 6.67. The van der Waals surface area contributed by atoms with E-state index in [1.165, 1.54) is 12.1 Å². The molecule has 0 saturated heterocycles. The molecule has 0 radical (unpaired) electrons. The minimum atomic E-state index is -1.07. The highest BCUT2D eigenvalue weighted by Crippen LogP contribution is 2.20. The summed E-state index contributed by atoms with van der Waals surface area (Å²) in [5, 5.41) is 14.9. The Labute approximate surface area is 134 Å². The van der Waals surface area contributed by atoms with Crippen molar-refractivity contribution in [2.75, 3.05) is 18.4 Å². The van der Waals surface area contributed by atoms with Crippen LogP contribution >= 0.6 is 11.6 Å². The Morgan fingerprint density at radius 2 is 1.95 bits per heavy atom. The summed E-state index contributed by atoms with van der Waals surface area (Å²) in [5.74, 6) is -1.07. The van der Waals surface area contributed by atoms with Gasteiger partial charge in [0.25, 0.3) is 0 Å². The molecule has 1 amide bonds. The van der Waals surface area contributed by atoms with Gasteiger partial charge in [0.05, 0.1) is 10.6 Å². The van der Waals surface area contributed by atoms with E-state index in [2.05, 4.69) is 10.6 Å². The number of benzene rings is 1. The fourth-order valence-corrected chi connectivity index (χ4v) is 1.82. The maximum Gasteiger partial charge on any atom is 0.407 e. The van der Waals surface area contributed by atoms with Crippen molar-refractivity contribution in [3.63, 3.8) is 0 Å². The smallest absolute Gasteiger partial charge is 0.407 e. The Bertz CT molecular complexity index is 541. The quantitative estimate of drug-likeness (QED) is 0.697. The lowest BCUT2D eigenvalue weighted by atomic mass is 10.2. The standard InChI is InChI=1S/C15H21ClN2O4/c1-15(2,3)22-14(21)18-8-4-7-17-10-5-6-12(16)11(9-10)13(19)20/h5-6,9,17H,4,7-8H2,1-3H3,(H,18,21)(H,19,20). The molecule has 7 heteroatoms. The van der Waals surface area contributed by atoms with Crippen molar-refractivity contribution in [3.8, 4) is 0 Å². The fourth-order valence-electron chi connectivity index (χ4n) is 1.62. The lowest BCUT2D eigenvalue weighted by Gasteiger charge is -2.19. The Hall–Kier alpha value is -1.95. The fraction of sp³-hybridized carbons (Fsp3) is 0.467. The molecule has 3 N–H and O–H groups in total. The van der Waals surface area contributed by atoms with Crippen LogP contribution in [0.5, 0.6) is 0 Å². The Morgan fingerprint density at radius 1 is 1.27 bits per heavy atom. The summed E-state index contributed by atoms with van der Waals surface area (Å²) < 4.78 is 5.11. The monoisotopic (exact) mass is 328 g/mol. The average molecular weight is 329 g/mol. The third-order valence-corrected chi connectivity index (χ3v) is 2.88. The van der Waals surface area contributed by atoms with Gasteiger partial charge in [-0.1, -0.05) is 11.6 Å². The molecule has 0 aliphatic rings. The van der Waals surface area contributed by atoms with Crippen LogP contribution < -0.4 is 10.6 Å². The Morgan fingerprint density at radius 3 is 2.55 bits per heavy atom. The summed E-state index contributed by atoms with van der Waals surface area (Å²) in [4.78, 5) is 22.4. The molecule has 0 heterocycles. The molecule has 1 rings (SSSR count). The van der Waals surface area contributed by atoms with Gasteiger partial charge in [-0.15, -0.1) is 0 Å². The maximum absolute atomic E-state index is 11.4. The number of carboxylic acid groups (broad SMARTS) is 1. The second-order valence-corrected chi connectivity index (χ2v) is 6.12. The molecule has 6 nitrogen and oxygen atoms in total. The van der Waals surface area contributed by atoms with Gasteiger partial charge in [0.15, 0.2) is 0 Å². The van der Waals surface area contributed by atoms with Crippen LogP contribution in [0.4, 0.5) is 10.5 Å². The van der Waals surface area contributed by atoms with Crippen molar-refractivity contribution in [1.29, 1.82) is 0 Å². The maximum atomic E-state index is 11.4. The van der Waals surface area contributed by atoms with Crippen LogP contribution in [-0.4, -0.2) is 35.9 Å². The molecule has 0 spiro atoms. The molecular formula is C15H21ClN2O4. The number of halogens is 1. The van der Waals surface area contributed by atoms with Crippen LogP contribution in [0.3, 0.4) is 0 Å². The zero-order chi connectivity index (χ0) is 16.8. The number of amides is 1. The Kier molecular flexibility index (Phi) is 6.49. The number of ether oxygens (including phenoxy) is 1. The van der Waals surface area contributed by atoms with Crippen LogP contribution in [0, 0.1) is 0 Å². The van der Waals surface area contributed by atoms with Crippen LogP contribution in [0.1, 0.15) is 37.6 Å². The first-order valence-corrected chi connectivity index (χ1v) is 7.30. The molecule has 0 atom stereocenters. The zero-order valence-electron chi connectivity index (χ0n) is 12.9. The number of carboxylic acids is 1. The first kappa shape index (κ1) is 18.1. The van der Waals surface area contributed by atoms with Gasteiger partial charge in [0.2, 0.25) is 0 Å². The SMILES string of the molecule is CC(C)(C)OC(=O)NCCCNc1ccc(Cl)c(C(=O)O)c1. The number of carbonyl (C=O) groups is 2. The molecule has 0 unspecified atom stereocenters. The lowest BCUT2D eigenvalue weighted by Crippen LogP contribution is -2.33. The molecular weight excluding hydrogens is 308 g/mol. The van der Waals surface area contributed by atoms with E-state index in [1.54, 1.807) is 26.8 Å². The second-order valence-electron chi connectivity index (χ2n) is 5.71. The van der Waals surface area contributed by atoms with E-state index in [4.69, 9.17) is 21.4 Å². The summed E-state index contributed by atoms with van der Waals surface area (Å²) in [6.07, 6.45) is 0.219. The number of nitrogens with one attached hydrogen (secondary N) is 2. The summed E-state index contributed by atoms with van der Waals surface area (Å²) in [7, 11) is 0. The van der Waals surface area contributed by atoms with Crippen LogP contribution in [0.25, 0.3) is 0 Å². The van der Waals surface area contributed by atoms with Crippen molar-refractivity contribution in [1.82, 2.24) is 5.32 Å². The summed E-state index contributed by atoms with van der Waals surface area (Å²) in [6, 6.07) is 4.72. The molecule has 1 aromatic carbocycles. The predicted octanol–water partition coefficient (Wildman–Crippen LogP) is 3.36.